The van der Waals surface area contributed by atoms with Crippen molar-refractivity contribution in [1.29, 1.82) is 0 Å². The van der Waals surface area contributed by atoms with Crippen molar-refractivity contribution in [3.05, 3.63) is 17.7 Å². The fourth-order valence-corrected chi connectivity index (χ4v) is 2.61. The predicted molar refractivity (Wildman–Crippen MR) is 76.4 cm³/mol. The lowest BCUT2D eigenvalue weighted by Gasteiger charge is -2.15. The molecule has 2 N–H and O–H groups in total. The average molecular weight is 290 g/mol. The number of hydrogen-bond donors (Lipinski definition) is 2. The van der Waals surface area contributed by atoms with E-state index in [0.717, 1.165) is 24.1 Å². The Hall–Kier alpha value is -2.24. The molecule has 6 nitrogen and oxygen atoms in total. The standard InChI is InChI=1S/C15H18N2O4/c1-2-3-9-6-12-13(21-8-20-12)7-11(9)17-15(19)10-4-5-14(18)16-10/h6-7,10H,2-5,8H2,1H3,(H,16,18)(H,17,19)/t10-/m0/s1. The van der Waals surface area contributed by atoms with Crippen molar-refractivity contribution in [2.45, 2.75) is 38.6 Å². The van der Waals surface area contributed by atoms with E-state index in [1.54, 1.807) is 6.07 Å². The number of fused-ring (bicyclic) bond motifs is 1. The van der Waals surface area contributed by atoms with Gasteiger partial charge in [0.1, 0.15) is 6.04 Å². The molecular weight excluding hydrogens is 272 g/mol. The molecule has 0 unspecified atom stereocenters. The number of benzene rings is 1. The van der Waals surface area contributed by atoms with Gasteiger partial charge >= 0.3 is 0 Å². The molecule has 0 spiro atoms. The fraction of sp³-hybridized carbons (Fsp3) is 0.467. The lowest BCUT2D eigenvalue weighted by molar-refractivity contribution is -0.122. The molecule has 21 heavy (non-hydrogen) atoms. The number of carbonyl (C=O) groups excluding carboxylic acids is 2. The summed E-state index contributed by atoms with van der Waals surface area (Å²) in [5.41, 5.74) is 1.74. The minimum absolute atomic E-state index is 0.0744. The van der Waals surface area contributed by atoms with Crippen LogP contribution in [-0.4, -0.2) is 24.6 Å². The van der Waals surface area contributed by atoms with E-state index < -0.39 is 6.04 Å². The molecule has 3 rings (SSSR count). The molecule has 0 aliphatic carbocycles. The zero-order valence-electron chi connectivity index (χ0n) is 11.9. The molecule has 6 heteroatoms. The van der Waals surface area contributed by atoms with Gasteiger partial charge in [0.2, 0.25) is 18.6 Å². The van der Waals surface area contributed by atoms with Gasteiger partial charge in [-0.3, -0.25) is 9.59 Å². The fourth-order valence-electron chi connectivity index (χ4n) is 2.61. The Bertz CT molecular complexity index is 585. The lowest BCUT2D eigenvalue weighted by atomic mass is 10.1. The first kappa shape index (κ1) is 13.7. The van der Waals surface area contributed by atoms with Crippen molar-refractivity contribution in [2.24, 2.45) is 0 Å². The minimum atomic E-state index is -0.447. The van der Waals surface area contributed by atoms with Crippen LogP contribution in [0.3, 0.4) is 0 Å². The maximum Gasteiger partial charge on any atom is 0.246 e. The molecule has 2 aliphatic heterocycles. The summed E-state index contributed by atoms with van der Waals surface area (Å²) in [6, 6.07) is 3.26. The summed E-state index contributed by atoms with van der Waals surface area (Å²) in [4.78, 5) is 23.4. The second-order valence-electron chi connectivity index (χ2n) is 5.26. The molecule has 2 aliphatic rings. The highest BCUT2D eigenvalue weighted by Gasteiger charge is 2.28. The highest BCUT2D eigenvalue weighted by molar-refractivity contribution is 5.99. The van der Waals surface area contributed by atoms with E-state index in [0.29, 0.717) is 24.3 Å². The summed E-state index contributed by atoms with van der Waals surface area (Å²) in [6.07, 6.45) is 2.74. The maximum atomic E-state index is 12.2. The van der Waals surface area contributed by atoms with Crippen LogP contribution in [0.25, 0.3) is 0 Å². The molecule has 2 amide bonds. The summed E-state index contributed by atoms with van der Waals surface area (Å²) in [7, 11) is 0. The van der Waals surface area contributed by atoms with E-state index in [4.69, 9.17) is 9.47 Å². The third kappa shape index (κ3) is 2.79. The average Bonchev–Trinajstić information content (AvgIpc) is 3.07. The van der Waals surface area contributed by atoms with Crippen LogP contribution < -0.4 is 20.1 Å². The Labute approximate surface area is 122 Å². The quantitative estimate of drug-likeness (QED) is 0.882. The van der Waals surface area contributed by atoms with Crippen LogP contribution in [0.15, 0.2) is 12.1 Å². The minimum Gasteiger partial charge on any atom is -0.454 e. The zero-order chi connectivity index (χ0) is 14.8. The van der Waals surface area contributed by atoms with Gasteiger partial charge in [-0.15, -0.1) is 0 Å². The molecule has 0 saturated carbocycles. The van der Waals surface area contributed by atoms with Crippen LogP contribution in [0.1, 0.15) is 31.7 Å². The first-order valence-electron chi connectivity index (χ1n) is 7.20. The Kier molecular flexibility index (Phi) is 3.68. The summed E-state index contributed by atoms with van der Waals surface area (Å²) in [5.74, 6) is 1.10. The van der Waals surface area contributed by atoms with E-state index in [-0.39, 0.29) is 18.6 Å². The first-order valence-corrected chi connectivity index (χ1v) is 7.20. The zero-order valence-corrected chi connectivity index (χ0v) is 11.9. The summed E-state index contributed by atoms with van der Waals surface area (Å²) >= 11 is 0. The van der Waals surface area contributed by atoms with Gasteiger partial charge < -0.3 is 20.1 Å². The predicted octanol–water partition coefficient (Wildman–Crippen LogP) is 1.58. The molecule has 0 aromatic heterocycles. The Balaban J connectivity index is 1.80. The van der Waals surface area contributed by atoms with E-state index in [1.165, 1.54) is 0 Å². The van der Waals surface area contributed by atoms with E-state index in [1.807, 2.05) is 6.07 Å². The van der Waals surface area contributed by atoms with E-state index in [9.17, 15) is 9.59 Å². The van der Waals surface area contributed by atoms with Gasteiger partial charge in [0.25, 0.3) is 0 Å². The topological polar surface area (TPSA) is 76.7 Å². The van der Waals surface area contributed by atoms with Crippen LogP contribution in [-0.2, 0) is 16.0 Å². The van der Waals surface area contributed by atoms with Crippen molar-refractivity contribution >= 4 is 17.5 Å². The third-order valence-corrected chi connectivity index (χ3v) is 3.69. The monoisotopic (exact) mass is 290 g/mol. The second kappa shape index (κ2) is 5.63. The molecule has 1 aromatic carbocycles. The normalized spacial score (nSPS) is 19.5. The molecule has 0 radical (unpaired) electrons. The highest BCUT2D eigenvalue weighted by Crippen LogP contribution is 2.37. The van der Waals surface area contributed by atoms with Gasteiger partial charge in [-0.05, 0) is 24.5 Å². The van der Waals surface area contributed by atoms with Crippen molar-refractivity contribution in [1.82, 2.24) is 5.32 Å². The van der Waals surface area contributed by atoms with Gasteiger partial charge in [0.05, 0.1) is 0 Å². The molecular formula is C15H18N2O4. The highest BCUT2D eigenvalue weighted by atomic mass is 16.7. The van der Waals surface area contributed by atoms with Gasteiger partial charge in [-0.2, -0.15) is 0 Å². The number of ether oxygens (including phenoxy) is 2. The van der Waals surface area contributed by atoms with Crippen LogP contribution in [0.4, 0.5) is 5.69 Å². The number of anilines is 1. The Morgan fingerprint density at radius 3 is 2.81 bits per heavy atom. The number of nitrogens with one attached hydrogen (secondary N) is 2. The van der Waals surface area contributed by atoms with E-state index in [2.05, 4.69) is 17.6 Å². The molecule has 1 atom stereocenters. The first-order chi connectivity index (χ1) is 10.2. The number of aryl methyl sites for hydroxylation is 1. The number of carbonyl (C=O) groups is 2. The molecule has 1 saturated heterocycles. The largest absolute Gasteiger partial charge is 0.454 e. The summed E-state index contributed by atoms with van der Waals surface area (Å²) < 4.78 is 10.7. The lowest BCUT2D eigenvalue weighted by Crippen LogP contribution is -2.37. The Morgan fingerprint density at radius 1 is 1.38 bits per heavy atom. The number of rotatable bonds is 4. The molecule has 1 fully saturated rings. The second-order valence-corrected chi connectivity index (χ2v) is 5.26. The SMILES string of the molecule is CCCc1cc2c(cc1NC(=O)[C@@H]1CCC(=O)N1)OCO2. The van der Waals surface area contributed by atoms with Gasteiger partial charge in [-0.25, -0.2) is 0 Å². The molecule has 1 aromatic rings. The van der Waals surface area contributed by atoms with Gasteiger partial charge in [0, 0.05) is 18.2 Å². The van der Waals surface area contributed by atoms with Crippen LogP contribution >= 0.6 is 0 Å². The number of hydrogen-bond acceptors (Lipinski definition) is 4. The molecule has 2 heterocycles. The van der Waals surface area contributed by atoms with Crippen molar-refractivity contribution in [2.75, 3.05) is 12.1 Å². The van der Waals surface area contributed by atoms with Gasteiger partial charge in [0.15, 0.2) is 11.5 Å². The van der Waals surface area contributed by atoms with E-state index >= 15 is 0 Å². The molecule has 112 valence electrons. The third-order valence-electron chi connectivity index (χ3n) is 3.69. The number of amides is 2. The van der Waals surface area contributed by atoms with Gasteiger partial charge in [-0.1, -0.05) is 13.3 Å². The van der Waals surface area contributed by atoms with Crippen LogP contribution in [0, 0.1) is 0 Å². The van der Waals surface area contributed by atoms with Crippen LogP contribution in [0.2, 0.25) is 0 Å². The van der Waals surface area contributed by atoms with Crippen LogP contribution in [0.5, 0.6) is 11.5 Å². The maximum absolute atomic E-state index is 12.2. The summed E-state index contributed by atoms with van der Waals surface area (Å²) in [5, 5.41) is 5.57. The summed E-state index contributed by atoms with van der Waals surface area (Å²) in [6.45, 7) is 2.28. The van der Waals surface area contributed by atoms with Crippen molar-refractivity contribution in [3.63, 3.8) is 0 Å². The van der Waals surface area contributed by atoms with Crippen molar-refractivity contribution in [3.8, 4) is 11.5 Å². The Morgan fingerprint density at radius 2 is 2.14 bits per heavy atom. The molecule has 0 bridgehead atoms. The van der Waals surface area contributed by atoms with Crippen molar-refractivity contribution < 1.29 is 19.1 Å². The smallest absolute Gasteiger partial charge is 0.246 e.